The van der Waals surface area contributed by atoms with Crippen molar-refractivity contribution in [3.63, 3.8) is 0 Å². The largest absolute Gasteiger partial charge is 0.444 e. The van der Waals surface area contributed by atoms with Gasteiger partial charge in [0.2, 0.25) is 0 Å². The first kappa shape index (κ1) is 18.7. The van der Waals surface area contributed by atoms with Gasteiger partial charge in [-0.3, -0.25) is 4.90 Å². The number of piperidine rings is 1. The Balaban J connectivity index is 1.95. The molecule has 0 radical (unpaired) electrons. The smallest absolute Gasteiger partial charge is 0.410 e. The zero-order valence-corrected chi connectivity index (χ0v) is 15.2. The van der Waals surface area contributed by atoms with E-state index in [2.05, 4.69) is 24.1 Å². The summed E-state index contributed by atoms with van der Waals surface area (Å²) in [5, 5.41) is 9.73. The maximum Gasteiger partial charge on any atom is 0.410 e. The Morgan fingerprint density at radius 3 is 2.58 bits per heavy atom. The second-order valence-electron chi connectivity index (χ2n) is 7.59. The molecule has 0 unspecified atom stereocenters. The highest BCUT2D eigenvalue weighted by molar-refractivity contribution is 5.68. The molecule has 1 N–H and O–H groups in total. The van der Waals surface area contributed by atoms with E-state index in [9.17, 15) is 9.90 Å². The lowest BCUT2D eigenvalue weighted by atomic mass is 9.96. The van der Waals surface area contributed by atoms with Crippen LogP contribution in [0.15, 0.2) is 30.3 Å². The van der Waals surface area contributed by atoms with Crippen molar-refractivity contribution in [3.8, 4) is 0 Å². The SMILES string of the molecule is CN(Cc1ccccc1)[C@H]1CCN(C(=O)OC(C)(C)C)[C@@H](CO)C1. The Hall–Kier alpha value is -1.59. The molecule has 1 saturated heterocycles. The second-order valence-corrected chi connectivity index (χ2v) is 7.59. The third-order valence-corrected chi connectivity index (χ3v) is 4.43. The Labute approximate surface area is 145 Å². The first-order valence-electron chi connectivity index (χ1n) is 8.65. The maximum absolute atomic E-state index is 12.3. The van der Waals surface area contributed by atoms with Gasteiger partial charge in [-0.15, -0.1) is 0 Å². The molecule has 134 valence electrons. The molecule has 5 nitrogen and oxygen atoms in total. The van der Waals surface area contributed by atoms with Gasteiger partial charge in [-0.2, -0.15) is 0 Å². The molecule has 0 aliphatic carbocycles. The van der Waals surface area contributed by atoms with Gasteiger partial charge >= 0.3 is 6.09 Å². The van der Waals surface area contributed by atoms with Gasteiger partial charge < -0.3 is 14.7 Å². The fourth-order valence-electron chi connectivity index (χ4n) is 3.16. The number of hydrogen-bond acceptors (Lipinski definition) is 4. The highest BCUT2D eigenvalue weighted by atomic mass is 16.6. The lowest BCUT2D eigenvalue weighted by Crippen LogP contribution is -2.53. The number of aliphatic hydroxyl groups excluding tert-OH is 1. The monoisotopic (exact) mass is 334 g/mol. The molecule has 1 amide bonds. The number of aliphatic hydroxyl groups is 1. The summed E-state index contributed by atoms with van der Waals surface area (Å²) in [6.07, 6.45) is 1.32. The van der Waals surface area contributed by atoms with Gasteiger partial charge in [-0.05, 0) is 46.2 Å². The van der Waals surface area contributed by atoms with E-state index in [-0.39, 0.29) is 18.7 Å². The standard InChI is InChI=1S/C19H30N2O3/c1-19(2,3)24-18(23)21-11-10-16(12-17(21)14-22)20(4)13-15-8-6-5-7-9-15/h5-9,16-17,22H,10-14H2,1-4H3/t16-,17+/m0/s1. The lowest BCUT2D eigenvalue weighted by Gasteiger charge is -2.42. The van der Waals surface area contributed by atoms with Crippen LogP contribution in [0.1, 0.15) is 39.2 Å². The van der Waals surface area contributed by atoms with Crippen LogP contribution in [0.2, 0.25) is 0 Å². The van der Waals surface area contributed by atoms with Crippen LogP contribution in [-0.4, -0.2) is 58.9 Å². The molecular formula is C19H30N2O3. The van der Waals surface area contributed by atoms with E-state index in [0.717, 1.165) is 19.4 Å². The molecule has 2 rings (SSSR count). The van der Waals surface area contributed by atoms with Crippen LogP contribution < -0.4 is 0 Å². The van der Waals surface area contributed by atoms with Crippen molar-refractivity contribution in [2.75, 3.05) is 20.2 Å². The van der Waals surface area contributed by atoms with E-state index in [0.29, 0.717) is 12.6 Å². The van der Waals surface area contributed by atoms with Crippen molar-refractivity contribution < 1.29 is 14.6 Å². The number of nitrogens with zero attached hydrogens (tertiary/aromatic N) is 2. The highest BCUT2D eigenvalue weighted by Crippen LogP contribution is 2.24. The first-order valence-corrected chi connectivity index (χ1v) is 8.65. The number of hydrogen-bond donors (Lipinski definition) is 1. The topological polar surface area (TPSA) is 53.0 Å². The molecule has 5 heteroatoms. The van der Waals surface area contributed by atoms with Crippen molar-refractivity contribution in [3.05, 3.63) is 35.9 Å². The van der Waals surface area contributed by atoms with E-state index in [1.165, 1.54) is 5.56 Å². The van der Waals surface area contributed by atoms with E-state index in [1.54, 1.807) is 4.90 Å². The molecule has 1 aliphatic heterocycles. The van der Waals surface area contributed by atoms with E-state index in [4.69, 9.17) is 4.74 Å². The summed E-state index contributed by atoms with van der Waals surface area (Å²) in [5.74, 6) is 0. The number of benzene rings is 1. The van der Waals surface area contributed by atoms with Crippen LogP contribution in [0.25, 0.3) is 0 Å². The summed E-state index contributed by atoms with van der Waals surface area (Å²) in [7, 11) is 2.11. The van der Waals surface area contributed by atoms with Crippen molar-refractivity contribution in [2.45, 2.75) is 57.8 Å². The Bertz CT molecular complexity index is 527. The molecule has 0 bridgehead atoms. The minimum absolute atomic E-state index is 0.0328. The lowest BCUT2D eigenvalue weighted by molar-refractivity contribution is -0.00980. The predicted molar refractivity (Wildman–Crippen MR) is 94.7 cm³/mol. The van der Waals surface area contributed by atoms with E-state index in [1.807, 2.05) is 39.0 Å². The molecule has 1 aromatic rings. The van der Waals surface area contributed by atoms with Gasteiger partial charge in [0.25, 0.3) is 0 Å². The number of carbonyl (C=O) groups is 1. The van der Waals surface area contributed by atoms with Crippen molar-refractivity contribution in [2.24, 2.45) is 0 Å². The quantitative estimate of drug-likeness (QED) is 0.920. The third kappa shape index (κ3) is 5.21. The molecule has 1 fully saturated rings. The molecule has 0 saturated carbocycles. The fourth-order valence-corrected chi connectivity index (χ4v) is 3.16. The maximum atomic E-state index is 12.3. The molecule has 0 aromatic heterocycles. The van der Waals surface area contributed by atoms with Crippen LogP contribution in [0.3, 0.4) is 0 Å². The summed E-state index contributed by atoms with van der Waals surface area (Å²) in [6, 6.07) is 10.5. The molecule has 1 heterocycles. The summed E-state index contributed by atoms with van der Waals surface area (Å²) < 4.78 is 5.46. The Morgan fingerprint density at radius 1 is 1.33 bits per heavy atom. The third-order valence-electron chi connectivity index (χ3n) is 4.43. The zero-order chi connectivity index (χ0) is 17.7. The number of amides is 1. The van der Waals surface area contributed by atoms with Crippen LogP contribution in [0, 0.1) is 0 Å². The first-order chi connectivity index (χ1) is 11.3. The molecular weight excluding hydrogens is 304 g/mol. The minimum atomic E-state index is -0.516. The summed E-state index contributed by atoms with van der Waals surface area (Å²) >= 11 is 0. The predicted octanol–water partition coefficient (Wildman–Crippen LogP) is 2.88. The van der Waals surface area contributed by atoms with Crippen LogP contribution in [0.5, 0.6) is 0 Å². The van der Waals surface area contributed by atoms with E-state index < -0.39 is 5.60 Å². The average Bonchev–Trinajstić information content (AvgIpc) is 2.53. The van der Waals surface area contributed by atoms with Crippen LogP contribution >= 0.6 is 0 Å². The molecule has 0 spiro atoms. The van der Waals surface area contributed by atoms with Crippen molar-refractivity contribution in [1.82, 2.24) is 9.80 Å². The minimum Gasteiger partial charge on any atom is -0.444 e. The van der Waals surface area contributed by atoms with Gasteiger partial charge in [0.15, 0.2) is 0 Å². The van der Waals surface area contributed by atoms with Gasteiger partial charge in [-0.1, -0.05) is 30.3 Å². The zero-order valence-electron chi connectivity index (χ0n) is 15.2. The van der Waals surface area contributed by atoms with Crippen molar-refractivity contribution in [1.29, 1.82) is 0 Å². The van der Waals surface area contributed by atoms with Crippen LogP contribution in [0.4, 0.5) is 4.79 Å². The van der Waals surface area contributed by atoms with E-state index >= 15 is 0 Å². The number of rotatable bonds is 4. The van der Waals surface area contributed by atoms with Crippen molar-refractivity contribution >= 4 is 6.09 Å². The summed E-state index contributed by atoms with van der Waals surface area (Å²) in [5.41, 5.74) is 0.757. The number of ether oxygens (including phenoxy) is 1. The molecule has 1 aliphatic rings. The van der Waals surface area contributed by atoms with Gasteiger partial charge in [0.05, 0.1) is 12.6 Å². The second kappa shape index (κ2) is 7.99. The fraction of sp³-hybridized carbons (Fsp3) is 0.632. The normalized spacial score (nSPS) is 21.8. The number of likely N-dealkylation sites (tertiary alicyclic amines) is 1. The molecule has 24 heavy (non-hydrogen) atoms. The molecule has 1 aromatic carbocycles. The van der Waals surface area contributed by atoms with Gasteiger partial charge in [0.1, 0.15) is 5.60 Å². The number of carbonyl (C=O) groups excluding carboxylic acids is 1. The Morgan fingerprint density at radius 2 is 2.00 bits per heavy atom. The summed E-state index contributed by atoms with van der Waals surface area (Å²) in [4.78, 5) is 16.3. The molecule has 2 atom stereocenters. The van der Waals surface area contributed by atoms with Crippen LogP contribution in [-0.2, 0) is 11.3 Å². The highest BCUT2D eigenvalue weighted by Gasteiger charge is 2.35. The van der Waals surface area contributed by atoms with Gasteiger partial charge in [-0.25, -0.2) is 4.79 Å². The Kier molecular flexibility index (Phi) is 6.24. The van der Waals surface area contributed by atoms with Gasteiger partial charge in [0, 0.05) is 19.1 Å². The summed E-state index contributed by atoms with van der Waals surface area (Å²) in [6.45, 7) is 7.03. The average molecular weight is 334 g/mol.